The van der Waals surface area contributed by atoms with E-state index in [0.29, 0.717) is 45.1 Å². The quantitative estimate of drug-likeness (QED) is 0.332. The summed E-state index contributed by atoms with van der Waals surface area (Å²) < 4.78 is 16.5. The van der Waals surface area contributed by atoms with E-state index in [1.165, 1.54) is 6.07 Å². The Morgan fingerprint density at radius 1 is 1.16 bits per heavy atom. The summed E-state index contributed by atoms with van der Waals surface area (Å²) in [6, 6.07) is 12.5. The number of rotatable bonds is 6. The number of fused-ring (bicyclic) bond motifs is 1. The maximum absolute atomic E-state index is 14.9. The van der Waals surface area contributed by atoms with Crippen LogP contribution in [0.3, 0.4) is 0 Å². The van der Waals surface area contributed by atoms with E-state index in [4.69, 9.17) is 11.6 Å². The van der Waals surface area contributed by atoms with Crippen molar-refractivity contribution in [3.8, 4) is 11.1 Å². The molecule has 2 aromatic heterocycles. The molecule has 3 heterocycles. The Balaban J connectivity index is 1.50. The highest BCUT2D eigenvalue weighted by molar-refractivity contribution is 8.13. The number of aromatic nitrogens is 3. The summed E-state index contributed by atoms with van der Waals surface area (Å²) in [5.74, 6) is 4.08. The molecule has 0 bridgehead atoms. The van der Waals surface area contributed by atoms with Crippen LogP contribution in [0.2, 0.25) is 5.02 Å². The lowest BCUT2D eigenvalue weighted by molar-refractivity contribution is 0.566. The molecule has 0 aliphatic carbocycles. The standard InChI is InChI=1S/C27H28ClFN6OS/c1-4-35-25-17(13-21(26(35)36)20-15-19(37(2)3)6-7-22(20)28)16-31-27(33-25)32-18-5-8-24(23(29)14-18)34-11-9-30-10-12-34/h5-8,13-16,30H,2,4,9-12H2,1,3H3,(H,31,32,33). The summed E-state index contributed by atoms with van der Waals surface area (Å²) >= 11 is 6.50. The fourth-order valence-corrected chi connectivity index (χ4v) is 5.35. The molecule has 0 saturated carbocycles. The average molecular weight is 539 g/mol. The molecule has 1 unspecified atom stereocenters. The predicted molar refractivity (Wildman–Crippen MR) is 154 cm³/mol. The van der Waals surface area contributed by atoms with Gasteiger partial charge < -0.3 is 15.5 Å². The maximum atomic E-state index is 14.9. The molecule has 2 aromatic carbocycles. The van der Waals surface area contributed by atoms with Crippen LogP contribution in [-0.2, 0) is 6.54 Å². The molecule has 10 heteroatoms. The Morgan fingerprint density at radius 2 is 1.95 bits per heavy atom. The van der Waals surface area contributed by atoms with Gasteiger partial charge >= 0.3 is 0 Å². The van der Waals surface area contributed by atoms with Crippen LogP contribution in [0.15, 0.2) is 58.4 Å². The van der Waals surface area contributed by atoms with Crippen molar-refractivity contribution in [1.82, 2.24) is 19.9 Å². The molecule has 192 valence electrons. The molecule has 2 N–H and O–H groups in total. The number of pyridine rings is 1. The van der Waals surface area contributed by atoms with Crippen LogP contribution in [0.25, 0.3) is 22.2 Å². The maximum Gasteiger partial charge on any atom is 0.260 e. The van der Waals surface area contributed by atoms with Gasteiger partial charge in [0, 0.05) is 71.0 Å². The predicted octanol–water partition coefficient (Wildman–Crippen LogP) is 5.11. The van der Waals surface area contributed by atoms with E-state index >= 15 is 0 Å². The van der Waals surface area contributed by atoms with E-state index in [9.17, 15) is 9.18 Å². The normalized spacial score (nSPS) is 14.6. The fourth-order valence-electron chi connectivity index (χ4n) is 4.51. The minimum atomic E-state index is -0.306. The first-order valence-electron chi connectivity index (χ1n) is 12.0. The first kappa shape index (κ1) is 25.4. The van der Waals surface area contributed by atoms with Crippen molar-refractivity contribution in [2.24, 2.45) is 0 Å². The van der Waals surface area contributed by atoms with Crippen LogP contribution in [0.4, 0.5) is 21.7 Å². The molecule has 7 nitrogen and oxygen atoms in total. The minimum Gasteiger partial charge on any atom is -0.367 e. The molecular weight excluding hydrogens is 511 g/mol. The van der Waals surface area contributed by atoms with E-state index in [0.717, 1.165) is 31.1 Å². The molecule has 0 amide bonds. The van der Waals surface area contributed by atoms with Gasteiger partial charge in [-0.1, -0.05) is 17.5 Å². The molecule has 1 aliphatic heterocycles. The van der Waals surface area contributed by atoms with Crippen molar-refractivity contribution < 1.29 is 4.39 Å². The van der Waals surface area contributed by atoms with Gasteiger partial charge in [0.15, 0.2) is 0 Å². The number of anilines is 3. The number of piperazine rings is 1. The van der Waals surface area contributed by atoms with Crippen LogP contribution in [-0.4, -0.2) is 52.8 Å². The van der Waals surface area contributed by atoms with Crippen molar-refractivity contribution >= 4 is 56.3 Å². The summed E-state index contributed by atoms with van der Waals surface area (Å²) in [6.07, 6.45) is 3.68. The highest BCUT2D eigenvalue weighted by atomic mass is 35.5. The topological polar surface area (TPSA) is 75.1 Å². The van der Waals surface area contributed by atoms with Gasteiger partial charge in [-0.2, -0.15) is 15.5 Å². The Labute approximate surface area is 222 Å². The lowest BCUT2D eigenvalue weighted by atomic mass is 10.1. The number of nitrogens with one attached hydrogen (secondary N) is 2. The molecule has 0 spiro atoms. The van der Waals surface area contributed by atoms with Crippen molar-refractivity contribution in [2.45, 2.75) is 18.4 Å². The summed E-state index contributed by atoms with van der Waals surface area (Å²) in [5, 5.41) is 7.55. The van der Waals surface area contributed by atoms with Gasteiger partial charge in [0.2, 0.25) is 5.95 Å². The Morgan fingerprint density at radius 3 is 2.65 bits per heavy atom. The average Bonchev–Trinajstić information content (AvgIpc) is 2.89. The van der Waals surface area contributed by atoms with Gasteiger partial charge in [0.1, 0.15) is 11.5 Å². The van der Waals surface area contributed by atoms with Crippen molar-refractivity contribution in [2.75, 3.05) is 42.7 Å². The molecule has 5 rings (SSSR count). The third-order valence-electron chi connectivity index (χ3n) is 6.44. The molecule has 1 saturated heterocycles. The first-order chi connectivity index (χ1) is 17.9. The van der Waals surface area contributed by atoms with E-state index in [2.05, 4.69) is 26.5 Å². The lowest BCUT2D eigenvalue weighted by Crippen LogP contribution is -2.43. The van der Waals surface area contributed by atoms with Crippen LogP contribution >= 0.6 is 22.1 Å². The van der Waals surface area contributed by atoms with E-state index < -0.39 is 0 Å². The van der Waals surface area contributed by atoms with Gasteiger partial charge in [0.25, 0.3) is 5.56 Å². The van der Waals surface area contributed by atoms with E-state index in [1.807, 2.05) is 36.3 Å². The third kappa shape index (κ3) is 5.12. The SMILES string of the molecule is C=S(C)c1ccc(Cl)c(-c2cc3cnc(Nc4ccc(N5CCNCC5)c(F)c4)nc3n(CC)c2=O)c1. The number of hydrogen-bond acceptors (Lipinski definition) is 6. The van der Waals surface area contributed by atoms with Crippen LogP contribution in [0.5, 0.6) is 0 Å². The highest BCUT2D eigenvalue weighted by Gasteiger charge is 2.17. The summed E-state index contributed by atoms with van der Waals surface area (Å²) in [6.45, 7) is 5.49. The Hall–Kier alpha value is -3.27. The van der Waals surface area contributed by atoms with Crippen LogP contribution in [0, 0.1) is 5.82 Å². The monoisotopic (exact) mass is 538 g/mol. The van der Waals surface area contributed by atoms with E-state index in [-0.39, 0.29) is 27.8 Å². The lowest BCUT2D eigenvalue weighted by Gasteiger charge is -2.29. The fraction of sp³-hybridized carbons (Fsp3) is 0.259. The smallest absolute Gasteiger partial charge is 0.260 e. The summed E-state index contributed by atoms with van der Waals surface area (Å²) in [5.41, 5.74) is 2.57. The summed E-state index contributed by atoms with van der Waals surface area (Å²) in [7, 11) is -0.222. The Bertz CT molecular complexity index is 1570. The number of nitrogens with zero attached hydrogens (tertiary/aromatic N) is 4. The third-order valence-corrected chi connectivity index (χ3v) is 7.82. The minimum absolute atomic E-state index is 0.190. The number of benzene rings is 2. The van der Waals surface area contributed by atoms with Gasteiger partial charge in [0.05, 0.1) is 5.69 Å². The van der Waals surface area contributed by atoms with Crippen molar-refractivity contribution in [1.29, 1.82) is 0 Å². The van der Waals surface area contributed by atoms with Gasteiger partial charge in [-0.25, -0.2) is 9.37 Å². The van der Waals surface area contributed by atoms with Gasteiger partial charge in [-0.15, -0.1) is 0 Å². The van der Waals surface area contributed by atoms with Crippen LogP contribution in [0.1, 0.15) is 6.92 Å². The van der Waals surface area contributed by atoms with Crippen molar-refractivity contribution in [3.63, 3.8) is 0 Å². The zero-order valence-electron chi connectivity index (χ0n) is 20.7. The van der Waals surface area contributed by atoms with Crippen LogP contribution < -0.4 is 21.1 Å². The molecule has 4 aromatic rings. The number of halogens is 2. The van der Waals surface area contributed by atoms with Crippen molar-refractivity contribution in [3.05, 3.63) is 69.9 Å². The Kier molecular flexibility index (Phi) is 7.28. The molecule has 0 radical (unpaired) electrons. The second kappa shape index (κ2) is 10.6. The highest BCUT2D eigenvalue weighted by Crippen LogP contribution is 2.33. The first-order valence-corrected chi connectivity index (χ1v) is 14.2. The molecule has 1 fully saturated rings. The van der Waals surface area contributed by atoms with E-state index in [1.54, 1.807) is 29.0 Å². The van der Waals surface area contributed by atoms with Gasteiger partial charge in [-0.05, 0) is 55.6 Å². The molecule has 37 heavy (non-hydrogen) atoms. The number of hydrogen-bond donors (Lipinski definition) is 2. The molecule has 1 atom stereocenters. The zero-order valence-corrected chi connectivity index (χ0v) is 22.3. The zero-order chi connectivity index (χ0) is 26.1. The second-order valence-corrected chi connectivity index (χ2v) is 11.0. The van der Waals surface area contributed by atoms with Gasteiger partial charge in [-0.3, -0.25) is 9.36 Å². The summed E-state index contributed by atoms with van der Waals surface area (Å²) in [4.78, 5) is 25.6. The largest absolute Gasteiger partial charge is 0.367 e. The number of aryl methyl sites for hydroxylation is 1. The molecule has 1 aliphatic rings. The second-order valence-electron chi connectivity index (χ2n) is 8.89. The molecular formula is C27H28ClFN6OS.